The fourth-order valence-electron chi connectivity index (χ4n) is 2.75. The number of hydrogen-bond acceptors (Lipinski definition) is 5. The van der Waals surface area contributed by atoms with Crippen LogP contribution < -0.4 is 19.5 Å². The fourth-order valence-corrected chi connectivity index (χ4v) is 2.75. The van der Waals surface area contributed by atoms with Crippen LogP contribution in [-0.4, -0.2) is 44.1 Å². The summed E-state index contributed by atoms with van der Waals surface area (Å²) >= 11 is 0. The summed E-state index contributed by atoms with van der Waals surface area (Å²) in [7, 11) is 3.23. The molecule has 0 atom stereocenters. The van der Waals surface area contributed by atoms with E-state index in [1.807, 2.05) is 18.2 Å². The van der Waals surface area contributed by atoms with E-state index in [1.165, 1.54) is 14.0 Å². The Morgan fingerprint density at radius 3 is 2.67 bits per heavy atom. The number of fused-ring (bicyclic) bond motifs is 1. The molecule has 0 saturated carbocycles. The standard InChI is InChI=1S/C20H22N2O5/c1-13(23)22(2)12-14-6-4-5-7-16(14)21-20(24)15-10-17(25-3)19-18(11-15)26-8-9-27-19/h4-7,10-11H,8-9,12H2,1-3H3,(H,21,24). The molecular formula is C20H22N2O5. The molecule has 0 unspecified atom stereocenters. The van der Waals surface area contributed by atoms with Crippen LogP contribution in [0, 0.1) is 0 Å². The van der Waals surface area contributed by atoms with Crippen LogP contribution >= 0.6 is 0 Å². The molecule has 0 saturated heterocycles. The summed E-state index contributed by atoms with van der Waals surface area (Å²) in [5.41, 5.74) is 1.88. The molecule has 1 N–H and O–H groups in total. The lowest BCUT2D eigenvalue weighted by Gasteiger charge is -2.21. The van der Waals surface area contributed by atoms with Gasteiger partial charge in [0.25, 0.3) is 5.91 Å². The number of carbonyl (C=O) groups excluding carboxylic acids is 2. The van der Waals surface area contributed by atoms with Gasteiger partial charge in [-0.3, -0.25) is 9.59 Å². The molecule has 3 rings (SSSR count). The van der Waals surface area contributed by atoms with Gasteiger partial charge >= 0.3 is 0 Å². The Labute approximate surface area is 157 Å². The molecule has 2 amide bonds. The number of benzene rings is 2. The Kier molecular flexibility index (Phi) is 5.49. The third-order valence-corrected chi connectivity index (χ3v) is 4.30. The SMILES string of the molecule is COc1cc(C(=O)Nc2ccccc2CN(C)C(C)=O)cc2c1OCCO2. The molecule has 1 heterocycles. The van der Waals surface area contributed by atoms with Gasteiger partial charge in [0.05, 0.1) is 7.11 Å². The number of methoxy groups -OCH3 is 1. The highest BCUT2D eigenvalue weighted by Gasteiger charge is 2.21. The smallest absolute Gasteiger partial charge is 0.255 e. The van der Waals surface area contributed by atoms with Gasteiger partial charge in [0.2, 0.25) is 11.7 Å². The predicted octanol–water partition coefficient (Wildman–Crippen LogP) is 2.70. The predicted molar refractivity (Wildman–Crippen MR) is 101 cm³/mol. The van der Waals surface area contributed by atoms with E-state index in [-0.39, 0.29) is 11.8 Å². The van der Waals surface area contributed by atoms with Crippen LogP contribution in [0.3, 0.4) is 0 Å². The molecule has 2 aromatic rings. The van der Waals surface area contributed by atoms with Crippen molar-refractivity contribution in [3.8, 4) is 17.2 Å². The van der Waals surface area contributed by atoms with Gasteiger partial charge in [0.15, 0.2) is 11.5 Å². The number of nitrogens with one attached hydrogen (secondary N) is 1. The summed E-state index contributed by atoms with van der Waals surface area (Å²) < 4.78 is 16.5. The third-order valence-electron chi connectivity index (χ3n) is 4.30. The van der Waals surface area contributed by atoms with E-state index in [2.05, 4.69) is 5.32 Å². The molecule has 1 aliphatic heterocycles. The third kappa shape index (κ3) is 4.13. The molecule has 0 fully saturated rings. The minimum Gasteiger partial charge on any atom is -0.493 e. The van der Waals surface area contributed by atoms with Crippen molar-refractivity contribution >= 4 is 17.5 Å². The zero-order valence-electron chi connectivity index (χ0n) is 15.6. The fraction of sp³-hybridized carbons (Fsp3) is 0.300. The number of carbonyl (C=O) groups is 2. The normalized spacial score (nSPS) is 12.3. The van der Waals surface area contributed by atoms with Crippen LogP contribution in [-0.2, 0) is 11.3 Å². The number of para-hydroxylation sites is 1. The second-order valence-electron chi connectivity index (χ2n) is 6.19. The van der Waals surface area contributed by atoms with Gasteiger partial charge in [-0.25, -0.2) is 0 Å². The maximum atomic E-state index is 12.8. The summed E-state index contributed by atoms with van der Waals surface area (Å²) in [4.78, 5) is 25.9. The second kappa shape index (κ2) is 7.99. The van der Waals surface area contributed by atoms with Gasteiger partial charge in [-0.2, -0.15) is 0 Å². The lowest BCUT2D eigenvalue weighted by molar-refractivity contribution is -0.128. The maximum Gasteiger partial charge on any atom is 0.255 e. The summed E-state index contributed by atoms with van der Waals surface area (Å²) in [6.45, 7) is 2.76. The van der Waals surface area contributed by atoms with Gasteiger partial charge in [0, 0.05) is 31.8 Å². The summed E-state index contributed by atoms with van der Waals surface area (Å²) in [5.74, 6) is 1.08. The van der Waals surface area contributed by atoms with Crippen molar-refractivity contribution in [2.24, 2.45) is 0 Å². The number of nitrogens with zero attached hydrogens (tertiary/aromatic N) is 1. The summed E-state index contributed by atoms with van der Waals surface area (Å²) in [6.07, 6.45) is 0. The van der Waals surface area contributed by atoms with Crippen molar-refractivity contribution in [3.63, 3.8) is 0 Å². The molecule has 7 heteroatoms. The van der Waals surface area contributed by atoms with E-state index in [0.29, 0.717) is 48.3 Å². The molecule has 0 aromatic heterocycles. The van der Waals surface area contributed by atoms with Crippen LogP contribution in [0.1, 0.15) is 22.8 Å². The Morgan fingerprint density at radius 1 is 1.19 bits per heavy atom. The Balaban J connectivity index is 1.85. The summed E-state index contributed by atoms with van der Waals surface area (Å²) in [6, 6.07) is 10.6. The topological polar surface area (TPSA) is 77.1 Å². The van der Waals surface area contributed by atoms with E-state index < -0.39 is 0 Å². The van der Waals surface area contributed by atoms with E-state index in [1.54, 1.807) is 30.1 Å². The van der Waals surface area contributed by atoms with Gasteiger partial charge in [0.1, 0.15) is 13.2 Å². The first-order chi connectivity index (χ1) is 13.0. The number of amides is 2. The van der Waals surface area contributed by atoms with E-state index in [0.717, 1.165) is 5.56 Å². The average molecular weight is 370 g/mol. The number of hydrogen-bond donors (Lipinski definition) is 1. The summed E-state index contributed by atoms with van der Waals surface area (Å²) in [5, 5.41) is 2.90. The van der Waals surface area contributed by atoms with Crippen molar-refractivity contribution in [1.82, 2.24) is 4.90 Å². The van der Waals surface area contributed by atoms with Gasteiger partial charge in [-0.15, -0.1) is 0 Å². The number of anilines is 1. The highest BCUT2D eigenvalue weighted by atomic mass is 16.6. The first-order valence-corrected chi connectivity index (χ1v) is 8.58. The van der Waals surface area contributed by atoms with Crippen LogP contribution in [0.15, 0.2) is 36.4 Å². The zero-order valence-corrected chi connectivity index (χ0v) is 15.6. The minimum absolute atomic E-state index is 0.0484. The van der Waals surface area contributed by atoms with Crippen LogP contribution in [0.25, 0.3) is 0 Å². The average Bonchev–Trinajstić information content (AvgIpc) is 2.68. The molecule has 27 heavy (non-hydrogen) atoms. The molecule has 142 valence electrons. The molecule has 0 radical (unpaired) electrons. The molecule has 7 nitrogen and oxygen atoms in total. The quantitative estimate of drug-likeness (QED) is 0.876. The molecule has 0 aliphatic carbocycles. The van der Waals surface area contributed by atoms with E-state index >= 15 is 0 Å². The van der Waals surface area contributed by atoms with Crippen molar-refractivity contribution in [3.05, 3.63) is 47.5 Å². The highest BCUT2D eigenvalue weighted by molar-refractivity contribution is 6.05. The first-order valence-electron chi connectivity index (χ1n) is 8.58. The van der Waals surface area contributed by atoms with Gasteiger partial charge in [-0.1, -0.05) is 18.2 Å². The molecular weight excluding hydrogens is 348 g/mol. The Morgan fingerprint density at radius 2 is 1.93 bits per heavy atom. The largest absolute Gasteiger partial charge is 0.493 e. The van der Waals surface area contributed by atoms with Crippen LogP contribution in [0.4, 0.5) is 5.69 Å². The van der Waals surface area contributed by atoms with Crippen molar-refractivity contribution in [2.75, 3.05) is 32.7 Å². The van der Waals surface area contributed by atoms with Crippen LogP contribution in [0.5, 0.6) is 17.2 Å². The zero-order chi connectivity index (χ0) is 19.4. The monoisotopic (exact) mass is 370 g/mol. The van der Waals surface area contributed by atoms with Crippen molar-refractivity contribution in [1.29, 1.82) is 0 Å². The highest BCUT2D eigenvalue weighted by Crippen LogP contribution is 2.40. The minimum atomic E-state index is -0.303. The van der Waals surface area contributed by atoms with Crippen molar-refractivity contribution in [2.45, 2.75) is 13.5 Å². The number of ether oxygens (including phenoxy) is 3. The van der Waals surface area contributed by atoms with Gasteiger partial charge in [-0.05, 0) is 23.8 Å². The lowest BCUT2D eigenvalue weighted by Crippen LogP contribution is -2.24. The Hall–Kier alpha value is -3.22. The van der Waals surface area contributed by atoms with Gasteiger partial charge < -0.3 is 24.4 Å². The molecule has 0 bridgehead atoms. The van der Waals surface area contributed by atoms with E-state index in [4.69, 9.17) is 14.2 Å². The molecule has 1 aliphatic rings. The van der Waals surface area contributed by atoms with Crippen molar-refractivity contribution < 1.29 is 23.8 Å². The maximum absolute atomic E-state index is 12.8. The van der Waals surface area contributed by atoms with Crippen LogP contribution in [0.2, 0.25) is 0 Å². The lowest BCUT2D eigenvalue weighted by atomic mass is 10.1. The number of rotatable bonds is 5. The molecule has 2 aromatic carbocycles. The second-order valence-corrected chi connectivity index (χ2v) is 6.19. The van der Waals surface area contributed by atoms with E-state index in [9.17, 15) is 9.59 Å². The molecule has 0 spiro atoms. The first kappa shape index (κ1) is 18.6. The Bertz CT molecular complexity index is 848.